The first-order valence-electron chi connectivity index (χ1n) is 5.09. The Balaban J connectivity index is 3.28. The van der Waals surface area contributed by atoms with E-state index in [0.29, 0.717) is 11.4 Å². The van der Waals surface area contributed by atoms with Gasteiger partial charge in [0.25, 0.3) is 0 Å². The lowest BCUT2D eigenvalue weighted by molar-refractivity contribution is 0.491. The van der Waals surface area contributed by atoms with Gasteiger partial charge >= 0.3 is 0 Å². The van der Waals surface area contributed by atoms with Gasteiger partial charge in [-0.3, -0.25) is 4.68 Å². The molecule has 0 aliphatic carbocycles. The van der Waals surface area contributed by atoms with Crippen LogP contribution in [-0.2, 0) is 17.1 Å². The molecule has 1 aromatic rings. The first kappa shape index (κ1) is 13.2. The third kappa shape index (κ3) is 2.62. The van der Waals surface area contributed by atoms with Crippen LogP contribution in [0.1, 0.15) is 32.2 Å². The number of nitrogens with zero attached hydrogens (tertiary/aromatic N) is 2. The van der Waals surface area contributed by atoms with Gasteiger partial charge in [-0.15, -0.1) is 0 Å². The number of hydrogen-bond donors (Lipinski definition) is 1. The Morgan fingerprint density at radius 3 is 2.06 bits per heavy atom. The van der Waals surface area contributed by atoms with E-state index in [1.165, 1.54) is 0 Å². The van der Waals surface area contributed by atoms with E-state index in [4.69, 9.17) is 0 Å². The molecule has 0 unspecified atom stereocenters. The second-order valence-corrected chi connectivity index (χ2v) is 6.60. The Labute approximate surface area is 96.9 Å². The molecule has 0 aliphatic rings. The van der Waals surface area contributed by atoms with E-state index in [-0.39, 0.29) is 4.90 Å². The van der Waals surface area contributed by atoms with Gasteiger partial charge in [-0.05, 0) is 34.6 Å². The molecule has 0 atom stereocenters. The van der Waals surface area contributed by atoms with E-state index in [1.807, 2.05) is 20.8 Å². The molecular weight excluding hydrogens is 226 g/mol. The SMILES string of the molecule is Cc1nn(C)c(C)c1S(=O)(=O)NC(C)(C)C. The summed E-state index contributed by atoms with van der Waals surface area (Å²) in [4.78, 5) is 0.282. The lowest BCUT2D eigenvalue weighted by atomic mass is 10.1. The van der Waals surface area contributed by atoms with Gasteiger partial charge in [0, 0.05) is 12.6 Å². The smallest absolute Gasteiger partial charge is 0.244 e. The second-order valence-electron chi connectivity index (χ2n) is 4.98. The minimum absolute atomic E-state index is 0.282. The van der Waals surface area contributed by atoms with Crippen LogP contribution in [-0.4, -0.2) is 23.7 Å². The quantitative estimate of drug-likeness (QED) is 0.849. The zero-order valence-electron chi connectivity index (χ0n) is 10.6. The van der Waals surface area contributed by atoms with Crippen molar-refractivity contribution < 1.29 is 8.42 Å². The summed E-state index contributed by atoms with van der Waals surface area (Å²) in [5, 5.41) is 4.10. The highest BCUT2D eigenvalue weighted by Crippen LogP contribution is 2.20. The topological polar surface area (TPSA) is 64.0 Å². The third-order valence-electron chi connectivity index (χ3n) is 2.15. The predicted octanol–water partition coefficient (Wildman–Crippen LogP) is 1.11. The Kier molecular flexibility index (Phi) is 3.17. The highest BCUT2D eigenvalue weighted by atomic mass is 32.2. The number of hydrogen-bond acceptors (Lipinski definition) is 3. The molecule has 0 spiro atoms. The van der Waals surface area contributed by atoms with Crippen molar-refractivity contribution in [2.24, 2.45) is 7.05 Å². The summed E-state index contributed by atoms with van der Waals surface area (Å²) in [5.74, 6) is 0. The van der Waals surface area contributed by atoms with Crippen LogP contribution in [0, 0.1) is 13.8 Å². The van der Waals surface area contributed by atoms with E-state index in [1.54, 1.807) is 25.6 Å². The first-order chi connectivity index (χ1) is 7.04. The molecule has 0 saturated carbocycles. The maximum absolute atomic E-state index is 12.1. The summed E-state index contributed by atoms with van der Waals surface area (Å²) < 4.78 is 28.5. The highest BCUT2D eigenvalue weighted by Gasteiger charge is 2.27. The third-order valence-corrected chi connectivity index (χ3v) is 4.16. The van der Waals surface area contributed by atoms with Crippen molar-refractivity contribution in [1.82, 2.24) is 14.5 Å². The fraction of sp³-hybridized carbons (Fsp3) is 0.700. The Bertz CT molecular complexity index is 495. The monoisotopic (exact) mass is 245 g/mol. The lowest BCUT2D eigenvalue weighted by Crippen LogP contribution is -2.40. The molecular formula is C10H19N3O2S. The largest absolute Gasteiger partial charge is 0.271 e. The number of aromatic nitrogens is 2. The van der Waals surface area contributed by atoms with Crippen LogP contribution in [0.25, 0.3) is 0 Å². The molecule has 0 saturated heterocycles. The van der Waals surface area contributed by atoms with Gasteiger partial charge in [-0.2, -0.15) is 5.10 Å². The summed E-state index contributed by atoms with van der Waals surface area (Å²) in [6.45, 7) is 8.88. The molecule has 0 bridgehead atoms. The molecule has 1 aromatic heterocycles. The summed E-state index contributed by atoms with van der Waals surface area (Å²) in [6, 6.07) is 0. The van der Waals surface area contributed by atoms with E-state index >= 15 is 0 Å². The lowest BCUT2D eigenvalue weighted by Gasteiger charge is -2.20. The van der Waals surface area contributed by atoms with Gasteiger partial charge in [-0.25, -0.2) is 13.1 Å². The molecule has 0 radical (unpaired) electrons. The highest BCUT2D eigenvalue weighted by molar-refractivity contribution is 7.89. The molecule has 0 fully saturated rings. The molecule has 16 heavy (non-hydrogen) atoms. The van der Waals surface area contributed by atoms with E-state index in [9.17, 15) is 8.42 Å². The summed E-state index contributed by atoms with van der Waals surface area (Å²) >= 11 is 0. The van der Waals surface area contributed by atoms with Crippen LogP contribution in [0.5, 0.6) is 0 Å². The van der Waals surface area contributed by atoms with Gasteiger partial charge in [0.15, 0.2) is 0 Å². The van der Waals surface area contributed by atoms with Gasteiger partial charge in [0.2, 0.25) is 10.0 Å². The fourth-order valence-electron chi connectivity index (χ4n) is 1.60. The fourth-order valence-corrected chi connectivity index (χ4v) is 3.46. The number of sulfonamides is 1. The maximum atomic E-state index is 12.1. The van der Waals surface area contributed by atoms with Gasteiger partial charge in [0.1, 0.15) is 4.90 Å². The van der Waals surface area contributed by atoms with Crippen molar-refractivity contribution in [3.8, 4) is 0 Å². The molecule has 1 rings (SSSR count). The molecule has 5 nitrogen and oxygen atoms in total. The van der Waals surface area contributed by atoms with Gasteiger partial charge < -0.3 is 0 Å². The molecule has 6 heteroatoms. The van der Waals surface area contributed by atoms with E-state index < -0.39 is 15.6 Å². The summed E-state index contributed by atoms with van der Waals surface area (Å²) in [6.07, 6.45) is 0. The van der Waals surface area contributed by atoms with Crippen LogP contribution in [0.2, 0.25) is 0 Å². The van der Waals surface area contributed by atoms with Crippen LogP contribution >= 0.6 is 0 Å². The zero-order valence-corrected chi connectivity index (χ0v) is 11.4. The number of nitrogens with one attached hydrogen (secondary N) is 1. The van der Waals surface area contributed by atoms with Crippen molar-refractivity contribution in [1.29, 1.82) is 0 Å². The molecule has 1 heterocycles. The summed E-state index contributed by atoms with van der Waals surface area (Å²) in [5.41, 5.74) is 0.680. The van der Waals surface area contributed by atoms with E-state index in [2.05, 4.69) is 9.82 Å². The Hall–Kier alpha value is -0.880. The van der Waals surface area contributed by atoms with Gasteiger partial charge in [-0.1, -0.05) is 0 Å². The Morgan fingerprint density at radius 2 is 1.75 bits per heavy atom. The van der Waals surface area contributed by atoms with Crippen LogP contribution in [0.15, 0.2) is 4.90 Å². The minimum atomic E-state index is -3.49. The van der Waals surface area contributed by atoms with Crippen LogP contribution in [0.3, 0.4) is 0 Å². The van der Waals surface area contributed by atoms with Crippen LogP contribution in [0.4, 0.5) is 0 Å². The van der Waals surface area contributed by atoms with Crippen LogP contribution < -0.4 is 4.72 Å². The zero-order chi connectivity index (χ0) is 12.7. The molecule has 0 amide bonds. The second kappa shape index (κ2) is 3.85. The normalized spacial score (nSPS) is 13.1. The maximum Gasteiger partial charge on any atom is 0.244 e. The van der Waals surface area contributed by atoms with Crippen molar-refractivity contribution >= 4 is 10.0 Å². The molecule has 1 N–H and O–H groups in total. The first-order valence-corrected chi connectivity index (χ1v) is 6.57. The molecule has 0 aromatic carbocycles. The standard InChI is InChI=1S/C10H19N3O2S/c1-7-9(8(2)13(6)11-7)16(14,15)12-10(3,4)5/h12H,1-6H3. The summed E-state index contributed by atoms with van der Waals surface area (Å²) in [7, 11) is -1.76. The molecule has 0 aliphatic heterocycles. The van der Waals surface area contributed by atoms with Crippen molar-refractivity contribution in [2.45, 2.75) is 45.1 Å². The average molecular weight is 245 g/mol. The number of rotatable bonds is 2. The van der Waals surface area contributed by atoms with Crippen molar-refractivity contribution in [2.75, 3.05) is 0 Å². The Morgan fingerprint density at radius 1 is 1.25 bits per heavy atom. The molecule has 92 valence electrons. The van der Waals surface area contributed by atoms with Gasteiger partial charge in [0.05, 0.1) is 11.4 Å². The average Bonchev–Trinajstić information content (AvgIpc) is 2.20. The van der Waals surface area contributed by atoms with Crippen molar-refractivity contribution in [3.63, 3.8) is 0 Å². The predicted molar refractivity (Wildman–Crippen MR) is 62.8 cm³/mol. The minimum Gasteiger partial charge on any atom is -0.271 e. The van der Waals surface area contributed by atoms with E-state index in [0.717, 1.165) is 0 Å². The van der Waals surface area contributed by atoms with Crippen molar-refractivity contribution in [3.05, 3.63) is 11.4 Å². The number of aryl methyl sites for hydroxylation is 2.